The average molecular weight is 181 g/mol. The summed E-state index contributed by atoms with van der Waals surface area (Å²) in [5.41, 5.74) is 1.17. The van der Waals surface area contributed by atoms with Crippen molar-refractivity contribution in [1.82, 2.24) is 0 Å². The molecule has 0 atom stereocenters. The number of carbonyl (C=O) groups is 1. The molecule has 0 saturated heterocycles. The van der Waals surface area contributed by atoms with Gasteiger partial charge in [0.15, 0.2) is 5.78 Å². The topological polar surface area (TPSA) is 20.3 Å². The van der Waals surface area contributed by atoms with Gasteiger partial charge in [0, 0.05) is 25.3 Å². The molecule has 13 heavy (non-hydrogen) atoms. The second kappa shape index (κ2) is 3.56. The zero-order valence-corrected chi connectivity index (χ0v) is 7.97. The van der Waals surface area contributed by atoms with Gasteiger partial charge in [0.25, 0.3) is 0 Å². The van der Waals surface area contributed by atoms with Crippen molar-refractivity contribution in [1.29, 1.82) is 0 Å². The fourth-order valence-electron chi connectivity index (χ4n) is 1.18. The number of Topliss-reactive ketones (excluding diaryl/α,β-unsaturated/α-hetero) is 1. The van der Waals surface area contributed by atoms with Crippen LogP contribution in [-0.4, -0.2) is 19.9 Å². The molecule has 1 aromatic rings. The summed E-state index contributed by atoms with van der Waals surface area (Å²) in [6.45, 7) is 1.43. The summed E-state index contributed by atoms with van der Waals surface area (Å²) in [6.07, 6.45) is 0. The highest BCUT2D eigenvalue weighted by atomic mass is 19.1. The molecule has 0 unspecified atom stereocenters. The van der Waals surface area contributed by atoms with E-state index >= 15 is 0 Å². The summed E-state index contributed by atoms with van der Waals surface area (Å²) in [5.74, 6) is -0.501. The van der Waals surface area contributed by atoms with Crippen molar-refractivity contribution in [3.8, 4) is 0 Å². The Morgan fingerprint density at radius 3 is 2.46 bits per heavy atom. The number of ketones is 1. The van der Waals surface area contributed by atoms with Gasteiger partial charge in [-0.25, -0.2) is 4.39 Å². The van der Waals surface area contributed by atoms with Crippen LogP contribution in [0.3, 0.4) is 0 Å². The number of hydrogen-bond acceptors (Lipinski definition) is 2. The lowest BCUT2D eigenvalue weighted by atomic mass is 10.1. The van der Waals surface area contributed by atoms with Crippen molar-refractivity contribution in [2.24, 2.45) is 0 Å². The Balaban J connectivity index is 3.27. The maximum Gasteiger partial charge on any atom is 0.161 e. The molecule has 0 bridgehead atoms. The zero-order valence-electron chi connectivity index (χ0n) is 7.97. The second-order valence-corrected chi connectivity index (χ2v) is 3.11. The normalized spacial score (nSPS) is 9.85. The Bertz CT molecular complexity index is 334. The first-order valence-corrected chi connectivity index (χ1v) is 4.00. The Morgan fingerprint density at radius 1 is 1.38 bits per heavy atom. The first-order chi connectivity index (χ1) is 6.02. The van der Waals surface area contributed by atoms with E-state index in [2.05, 4.69) is 0 Å². The second-order valence-electron chi connectivity index (χ2n) is 3.11. The molecule has 0 spiro atoms. The largest absolute Gasteiger partial charge is 0.377 e. The molecule has 0 saturated carbocycles. The van der Waals surface area contributed by atoms with Crippen LogP contribution in [0.1, 0.15) is 17.3 Å². The Labute approximate surface area is 77.0 Å². The fourth-order valence-corrected chi connectivity index (χ4v) is 1.18. The van der Waals surface area contributed by atoms with Crippen LogP contribution in [0.4, 0.5) is 10.1 Å². The fraction of sp³-hybridized carbons (Fsp3) is 0.300. The molecule has 1 aromatic carbocycles. The molecule has 0 amide bonds. The van der Waals surface area contributed by atoms with Gasteiger partial charge in [0.2, 0.25) is 0 Å². The predicted molar refractivity (Wildman–Crippen MR) is 50.7 cm³/mol. The van der Waals surface area contributed by atoms with Gasteiger partial charge in [-0.05, 0) is 25.1 Å². The molecule has 3 heteroatoms. The lowest BCUT2D eigenvalue weighted by molar-refractivity contribution is 0.101. The SMILES string of the molecule is CC(=O)c1cc(F)ccc1N(C)C. The lowest BCUT2D eigenvalue weighted by Gasteiger charge is -2.15. The summed E-state index contributed by atoms with van der Waals surface area (Å²) < 4.78 is 12.8. The van der Waals surface area contributed by atoms with Gasteiger partial charge in [-0.2, -0.15) is 0 Å². The van der Waals surface area contributed by atoms with Gasteiger partial charge < -0.3 is 4.90 Å². The number of halogens is 1. The molecule has 0 radical (unpaired) electrons. The van der Waals surface area contributed by atoms with Crippen LogP contribution in [0.25, 0.3) is 0 Å². The highest BCUT2D eigenvalue weighted by Gasteiger charge is 2.09. The number of hydrogen-bond donors (Lipinski definition) is 0. The van der Waals surface area contributed by atoms with Crippen LogP contribution in [0.2, 0.25) is 0 Å². The van der Waals surface area contributed by atoms with Gasteiger partial charge in [-0.3, -0.25) is 4.79 Å². The van der Waals surface area contributed by atoms with Gasteiger partial charge >= 0.3 is 0 Å². The smallest absolute Gasteiger partial charge is 0.161 e. The molecule has 0 aliphatic rings. The summed E-state index contributed by atoms with van der Waals surface area (Å²) in [7, 11) is 3.64. The van der Waals surface area contributed by atoms with Crippen molar-refractivity contribution in [2.45, 2.75) is 6.92 Å². The average Bonchev–Trinajstić information content (AvgIpc) is 2.03. The van der Waals surface area contributed by atoms with Crippen molar-refractivity contribution in [2.75, 3.05) is 19.0 Å². The molecular weight excluding hydrogens is 169 g/mol. The summed E-state index contributed by atoms with van der Waals surface area (Å²) in [4.78, 5) is 12.9. The molecule has 0 N–H and O–H groups in total. The number of nitrogens with zero attached hydrogens (tertiary/aromatic N) is 1. The highest BCUT2D eigenvalue weighted by molar-refractivity contribution is 5.99. The van der Waals surface area contributed by atoms with Crippen LogP contribution in [-0.2, 0) is 0 Å². The van der Waals surface area contributed by atoms with Crippen LogP contribution >= 0.6 is 0 Å². The predicted octanol–water partition coefficient (Wildman–Crippen LogP) is 2.09. The van der Waals surface area contributed by atoms with E-state index in [4.69, 9.17) is 0 Å². The quantitative estimate of drug-likeness (QED) is 0.651. The third kappa shape index (κ3) is 2.05. The first kappa shape index (κ1) is 9.71. The number of benzene rings is 1. The lowest BCUT2D eigenvalue weighted by Crippen LogP contribution is -2.13. The van der Waals surface area contributed by atoms with Crippen LogP contribution in [0.5, 0.6) is 0 Å². The Morgan fingerprint density at radius 2 is 2.00 bits per heavy atom. The molecule has 2 nitrogen and oxygen atoms in total. The molecule has 0 fully saturated rings. The first-order valence-electron chi connectivity index (χ1n) is 4.00. The van der Waals surface area contributed by atoms with Crippen molar-refractivity contribution in [3.05, 3.63) is 29.6 Å². The summed E-state index contributed by atoms with van der Waals surface area (Å²) >= 11 is 0. The molecule has 0 aliphatic heterocycles. The van der Waals surface area contributed by atoms with Gasteiger partial charge in [-0.1, -0.05) is 0 Å². The van der Waals surface area contributed by atoms with E-state index in [0.717, 1.165) is 5.69 Å². The molecule has 70 valence electrons. The third-order valence-electron chi connectivity index (χ3n) is 1.82. The van der Waals surface area contributed by atoms with Gasteiger partial charge in [0.05, 0.1) is 0 Å². The van der Waals surface area contributed by atoms with E-state index in [0.29, 0.717) is 5.56 Å². The van der Waals surface area contributed by atoms with Crippen LogP contribution in [0.15, 0.2) is 18.2 Å². The maximum atomic E-state index is 12.8. The van der Waals surface area contributed by atoms with E-state index in [1.165, 1.54) is 19.1 Å². The van der Waals surface area contributed by atoms with Gasteiger partial charge in [0.1, 0.15) is 5.82 Å². The number of carbonyl (C=O) groups excluding carboxylic acids is 1. The van der Waals surface area contributed by atoms with E-state index in [1.807, 2.05) is 14.1 Å². The minimum Gasteiger partial charge on any atom is -0.377 e. The molecule has 0 aromatic heterocycles. The van der Waals surface area contributed by atoms with E-state index in [1.54, 1.807) is 11.0 Å². The minimum atomic E-state index is -0.379. The molecule has 0 heterocycles. The van der Waals surface area contributed by atoms with E-state index in [-0.39, 0.29) is 11.6 Å². The Kier molecular flexibility index (Phi) is 2.66. The van der Waals surface area contributed by atoms with Crippen molar-refractivity contribution < 1.29 is 9.18 Å². The number of rotatable bonds is 2. The standard InChI is InChI=1S/C10H12FNO/c1-7(13)9-6-8(11)4-5-10(9)12(2)3/h4-6H,1-3H3. The summed E-state index contributed by atoms with van der Waals surface area (Å²) in [6, 6.07) is 4.21. The maximum absolute atomic E-state index is 12.8. The summed E-state index contributed by atoms with van der Waals surface area (Å²) in [5, 5.41) is 0. The van der Waals surface area contributed by atoms with E-state index in [9.17, 15) is 9.18 Å². The van der Waals surface area contributed by atoms with Gasteiger partial charge in [-0.15, -0.1) is 0 Å². The molecule has 1 rings (SSSR count). The molecular formula is C10H12FNO. The zero-order chi connectivity index (χ0) is 10.0. The van der Waals surface area contributed by atoms with Crippen molar-refractivity contribution >= 4 is 11.5 Å². The van der Waals surface area contributed by atoms with Crippen molar-refractivity contribution in [3.63, 3.8) is 0 Å². The highest BCUT2D eigenvalue weighted by Crippen LogP contribution is 2.19. The van der Waals surface area contributed by atoms with Crippen LogP contribution < -0.4 is 4.90 Å². The molecule has 0 aliphatic carbocycles. The van der Waals surface area contributed by atoms with Crippen LogP contribution in [0, 0.1) is 5.82 Å². The Hall–Kier alpha value is -1.38. The minimum absolute atomic E-state index is 0.122. The van der Waals surface area contributed by atoms with E-state index < -0.39 is 0 Å². The monoisotopic (exact) mass is 181 g/mol. The number of anilines is 1. The third-order valence-corrected chi connectivity index (χ3v) is 1.82.